The molecule has 0 aliphatic carbocycles. The number of amides is 1. The normalized spacial score (nSPS) is 17.0. The summed E-state index contributed by atoms with van der Waals surface area (Å²) in [6.07, 6.45) is 7.15. The van der Waals surface area contributed by atoms with Crippen molar-refractivity contribution in [3.8, 4) is 0 Å². The Morgan fingerprint density at radius 3 is 2.36 bits per heavy atom. The molecular formula is C21H35N3O3S. The van der Waals surface area contributed by atoms with Crippen LogP contribution >= 0.6 is 0 Å². The number of likely N-dealkylation sites (tertiary alicyclic amines) is 1. The number of hydrogen-bond donors (Lipinski definition) is 1. The molecule has 1 heterocycles. The van der Waals surface area contributed by atoms with Crippen LogP contribution in [0, 0.1) is 13.8 Å². The van der Waals surface area contributed by atoms with Gasteiger partial charge in [0.25, 0.3) is 0 Å². The number of rotatable bonds is 8. The topological polar surface area (TPSA) is 69.7 Å². The summed E-state index contributed by atoms with van der Waals surface area (Å²) in [4.78, 5) is 15.1. The Bertz CT molecular complexity index is 756. The van der Waals surface area contributed by atoms with Gasteiger partial charge in [-0.2, -0.15) is 0 Å². The SMILES string of the molecule is Cc1ccc(N([C@H](C)C(=O)NCCCN2CCCCCC2)S(C)(=O)=O)cc1C. The molecule has 0 aromatic heterocycles. The van der Waals surface area contributed by atoms with Crippen molar-refractivity contribution in [3.63, 3.8) is 0 Å². The predicted molar refractivity (Wildman–Crippen MR) is 115 cm³/mol. The van der Waals surface area contributed by atoms with E-state index >= 15 is 0 Å². The summed E-state index contributed by atoms with van der Waals surface area (Å²) in [5, 5.41) is 2.91. The fourth-order valence-electron chi connectivity index (χ4n) is 3.69. The maximum absolute atomic E-state index is 12.6. The van der Waals surface area contributed by atoms with E-state index in [0.717, 1.165) is 43.4 Å². The predicted octanol–water partition coefficient (Wildman–Crippen LogP) is 2.84. The number of anilines is 1. The molecule has 1 N–H and O–H groups in total. The first kappa shape index (κ1) is 22.7. The highest BCUT2D eigenvalue weighted by Crippen LogP contribution is 2.23. The average Bonchev–Trinajstić information content (AvgIpc) is 2.89. The monoisotopic (exact) mass is 409 g/mol. The third kappa shape index (κ3) is 6.48. The molecule has 1 aliphatic heterocycles. The van der Waals surface area contributed by atoms with Crippen LogP contribution in [0.15, 0.2) is 18.2 Å². The minimum Gasteiger partial charge on any atom is -0.354 e. The maximum Gasteiger partial charge on any atom is 0.243 e. The summed E-state index contributed by atoms with van der Waals surface area (Å²) in [6, 6.07) is 4.66. The molecule has 1 fully saturated rings. The van der Waals surface area contributed by atoms with Gasteiger partial charge in [-0.3, -0.25) is 9.10 Å². The zero-order valence-electron chi connectivity index (χ0n) is 17.7. The van der Waals surface area contributed by atoms with Crippen LogP contribution in [0.2, 0.25) is 0 Å². The average molecular weight is 410 g/mol. The van der Waals surface area contributed by atoms with Crippen molar-refractivity contribution in [2.24, 2.45) is 0 Å². The van der Waals surface area contributed by atoms with Crippen molar-refractivity contribution in [1.29, 1.82) is 0 Å². The largest absolute Gasteiger partial charge is 0.354 e. The molecular weight excluding hydrogens is 374 g/mol. The number of aryl methyl sites for hydroxylation is 2. The number of carbonyl (C=O) groups excluding carboxylic acids is 1. The van der Waals surface area contributed by atoms with Crippen LogP contribution in [0.3, 0.4) is 0 Å². The van der Waals surface area contributed by atoms with Gasteiger partial charge in [-0.15, -0.1) is 0 Å². The van der Waals surface area contributed by atoms with Crippen LogP contribution in [0.1, 0.15) is 50.2 Å². The summed E-state index contributed by atoms with van der Waals surface area (Å²) in [6.45, 7) is 9.36. The van der Waals surface area contributed by atoms with Gasteiger partial charge in [0.1, 0.15) is 6.04 Å². The molecule has 1 saturated heterocycles. The van der Waals surface area contributed by atoms with Crippen LogP contribution in [-0.4, -0.2) is 57.7 Å². The van der Waals surface area contributed by atoms with Crippen molar-refractivity contribution >= 4 is 21.6 Å². The van der Waals surface area contributed by atoms with Gasteiger partial charge in [-0.25, -0.2) is 8.42 Å². The van der Waals surface area contributed by atoms with Crippen molar-refractivity contribution in [3.05, 3.63) is 29.3 Å². The molecule has 6 nitrogen and oxygen atoms in total. The van der Waals surface area contributed by atoms with E-state index in [9.17, 15) is 13.2 Å². The second-order valence-corrected chi connectivity index (χ2v) is 9.76. The third-order valence-electron chi connectivity index (χ3n) is 5.48. The van der Waals surface area contributed by atoms with Crippen LogP contribution in [0.25, 0.3) is 0 Å². The first-order valence-corrected chi connectivity index (χ1v) is 12.1. The van der Waals surface area contributed by atoms with E-state index in [0.29, 0.717) is 12.2 Å². The van der Waals surface area contributed by atoms with E-state index in [2.05, 4.69) is 10.2 Å². The highest BCUT2D eigenvalue weighted by atomic mass is 32.2. The highest BCUT2D eigenvalue weighted by Gasteiger charge is 2.29. The van der Waals surface area contributed by atoms with Gasteiger partial charge in [0.05, 0.1) is 11.9 Å². The van der Waals surface area contributed by atoms with Gasteiger partial charge >= 0.3 is 0 Å². The van der Waals surface area contributed by atoms with E-state index < -0.39 is 16.1 Å². The number of hydrogen-bond acceptors (Lipinski definition) is 4. The van der Waals surface area contributed by atoms with Gasteiger partial charge in [-0.1, -0.05) is 18.9 Å². The molecule has 0 radical (unpaired) electrons. The van der Waals surface area contributed by atoms with Crippen LogP contribution < -0.4 is 9.62 Å². The van der Waals surface area contributed by atoms with Crippen LogP contribution in [0.4, 0.5) is 5.69 Å². The molecule has 1 aliphatic rings. The van der Waals surface area contributed by atoms with Crippen molar-refractivity contribution in [1.82, 2.24) is 10.2 Å². The van der Waals surface area contributed by atoms with Crippen molar-refractivity contribution in [2.75, 3.05) is 36.7 Å². The number of sulfonamides is 1. The Balaban J connectivity index is 1.94. The summed E-state index contributed by atoms with van der Waals surface area (Å²) < 4.78 is 26.0. The molecule has 1 atom stereocenters. The first-order chi connectivity index (χ1) is 13.2. The molecule has 158 valence electrons. The number of benzene rings is 1. The third-order valence-corrected chi connectivity index (χ3v) is 6.72. The quantitative estimate of drug-likeness (QED) is 0.671. The number of nitrogens with zero attached hydrogens (tertiary/aromatic N) is 2. The molecule has 28 heavy (non-hydrogen) atoms. The smallest absolute Gasteiger partial charge is 0.243 e. The highest BCUT2D eigenvalue weighted by molar-refractivity contribution is 7.92. The fourth-order valence-corrected chi connectivity index (χ4v) is 4.86. The maximum atomic E-state index is 12.6. The van der Waals surface area contributed by atoms with E-state index in [1.54, 1.807) is 13.0 Å². The summed E-state index contributed by atoms with van der Waals surface area (Å²) in [5.74, 6) is -0.264. The van der Waals surface area contributed by atoms with Crippen molar-refractivity contribution < 1.29 is 13.2 Å². The molecule has 1 aromatic carbocycles. The minimum atomic E-state index is -3.58. The van der Waals surface area contributed by atoms with E-state index in [-0.39, 0.29) is 5.91 Å². The zero-order chi connectivity index (χ0) is 20.7. The number of carbonyl (C=O) groups is 1. The molecule has 1 aromatic rings. The molecule has 0 spiro atoms. The number of nitrogens with one attached hydrogen (secondary N) is 1. The van der Waals surface area contributed by atoms with Crippen LogP contribution in [0.5, 0.6) is 0 Å². The second kappa shape index (κ2) is 10.3. The van der Waals surface area contributed by atoms with Gasteiger partial charge in [0, 0.05) is 6.54 Å². The molecule has 0 saturated carbocycles. The second-order valence-electron chi connectivity index (χ2n) is 7.90. The molecule has 7 heteroatoms. The van der Waals surface area contributed by atoms with Gasteiger partial charge < -0.3 is 10.2 Å². The Morgan fingerprint density at radius 1 is 1.14 bits per heavy atom. The van der Waals surface area contributed by atoms with Gasteiger partial charge in [0.2, 0.25) is 15.9 Å². The lowest BCUT2D eigenvalue weighted by Gasteiger charge is -2.29. The zero-order valence-corrected chi connectivity index (χ0v) is 18.5. The minimum absolute atomic E-state index is 0.264. The Kier molecular flexibility index (Phi) is 8.31. The molecule has 0 unspecified atom stereocenters. The van der Waals surface area contributed by atoms with Gasteiger partial charge in [0.15, 0.2) is 0 Å². The molecule has 0 bridgehead atoms. The Morgan fingerprint density at radius 2 is 1.79 bits per heavy atom. The standard InChI is InChI=1S/C21H35N3O3S/c1-17-10-11-20(16-18(17)2)24(28(4,26)27)19(3)21(25)22-12-9-15-23-13-7-5-6-8-14-23/h10-11,16,19H,5-9,12-15H2,1-4H3,(H,22,25)/t19-/m1/s1. The Hall–Kier alpha value is -1.60. The van der Waals surface area contributed by atoms with E-state index in [1.807, 2.05) is 26.0 Å². The van der Waals surface area contributed by atoms with E-state index in [4.69, 9.17) is 0 Å². The van der Waals surface area contributed by atoms with Gasteiger partial charge in [-0.05, 0) is 82.9 Å². The Labute approximate surface area is 170 Å². The summed E-state index contributed by atoms with van der Waals surface area (Å²) in [5.41, 5.74) is 2.61. The van der Waals surface area contributed by atoms with E-state index in [1.165, 1.54) is 30.0 Å². The van der Waals surface area contributed by atoms with Crippen molar-refractivity contribution in [2.45, 2.75) is 58.9 Å². The lowest BCUT2D eigenvalue weighted by molar-refractivity contribution is -0.121. The first-order valence-electron chi connectivity index (χ1n) is 10.3. The lowest BCUT2D eigenvalue weighted by Crippen LogP contribution is -2.48. The summed E-state index contributed by atoms with van der Waals surface area (Å²) in [7, 11) is -3.58. The molecule has 2 rings (SSSR count). The summed E-state index contributed by atoms with van der Waals surface area (Å²) >= 11 is 0. The fraction of sp³-hybridized carbons (Fsp3) is 0.667. The van der Waals surface area contributed by atoms with Crippen LogP contribution in [-0.2, 0) is 14.8 Å². The lowest BCUT2D eigenvalue weighted by atomic mass is 10.1. The molecule has 1 amide bonds.